The molecule has 0 saturated carbocycles. The minimum atomic E-state index is -0.296. The van der Waals surface area contributed by atoms with Crippen molar-refractivity contribution in [2.45, 2.75) is 12.8 Å². The van der Waals surface area contributed by atoms with Crippen molar-refractivity contribution in [1.82, 2.24) is 9.78 Å². The Morgan fingerprint density at radius 2 is 2.27 bits per heavy atom. The van der Waals surface area contributed by atoms with Gasteiger partial charge in [-0.2, -0.15) is 5.10 Å². The SMILES string of the molecule is Cc1cnn(-c2cccc(F)c2CCl)c1. The summed E-state index contributed by atoms with van der Waals surface area (Å²) in [5.74, 6) is -0.156. The zero-order valence-corrected chi connectivity index (χ0v) is 9.00. The molecule has 2 rings (SSSR count). The molecule has 0 radical (unpaired) electrons. The van der Waals surface area contributed by atoms with E-state index in [0.717, 1.165) is 5.56 Å². The second kappa shape index (κ2) is 4.03. The maximum Gasteiger partial charge on any atom is 0.129 e. The van der Waals surface area contributed by atoms with Crippen molar-refractivity contribution >= 4 is 11.6 Å². The van der Waals surface area contributed by atoms with E-state index in [2.05, 4.69) is 5.10 Å². The average molecular weight is 225 g/mol. The highest BCUT2D eigenvalue weighted by Crippen LogP contribution is 2.19. The summed E-state index contributed by atoms with van der Waals surface area (Å²) in [5.41, 5.74) is 2.19. The number of rotatable bonds is 2. The maximum atomic E-state index is 13.4. The number of aryl methyl sites for hydroxylation is 1. The number of nitrogens with zero attached hydrogens (tertiary/aromatic N) is 2. The van der Waals surface area contributed by atoms with Crippen LogP contribution in [0.25, 0.3) is 5.69 Å². The van der Waals surface area contributed by atoms with Gasteiger partial charge in [0, 0.05) is 11.8 Å². The van der Waals surface area contributed by atoms with E-state index < -0.39 is 0 Å². The first-order valence-corrected chi connectivity index (χ1v) is 5.11. The first kappa shape index (κ1) is 10.2. The van der Waals surface area contributed by atoms with Crippen LogP contribution in [0, 0.1) is 12.7 Å². The van der Waals surface area contributed by atoms with E-state index in [1.165, 1.54) is 6.07 Å². The Hall–Kier alpha value is -1.35. The molecule has 0 saturated heterocycles. The van der Waals surface area contributed by atoms with Crippen LogP contribution in [-0.4, -0.2) is 9.78 Å². The van der Waals surface area contributed by atoms with E-state index in [-0.39, 0.29) is 11.7 Å². The summed E-state index contributed by atoms with van der Waals surface area (Å²) >= 11 is 5.71. The van der Waals surface area contributed by atoms with Crippen LogP contribution in [0.3, 0.4) is 0 Å². The molecule has 1 aromatic carbocycles. The molecule has 0 aliphatic rings. The molecule has 0 bridgehead atoms. The Balaban J connectivity index is 2.57. The fraction of sp³-hybridized carbons (Fsp3) is 0.182. The van der Waals surface area contributed by atoms with Crippen molar-refractivity contribution in [3.05, 3.63) is 47.5 Å². The predicted octanol–water partition coefficient (Wildman–Crippen LogP) is 3.06. The average Bonchev–Trinajstić information content (AvgIpc) is 2.64. The molecule has 15 heavy (non-hydrogen) atoms. The molecule has 4 heteroatoms. The fourth-order valence-corrected chi connectivity index (χ4v) is 1.70. The molecule has 1 heterocycles. The summed E-state index contributed by atoms with van der Waals surface area (Å²) in [6.07, 6.45) is 3.56. The Bertz CT molecular complexity index is 479. The molecule has 0 atom stereocenters. The molecule has 0 fully saturated rings. The smallest absolute Gasteiger partial charge is 0.129 e. The van der Waals surface area contributed by atoms with Gasteiger partial charge in [-0.25, -0.2) is 9.07 Å². The predicted molar refractivity (Wildman–Crippen MR) is 57.8 cm³/mol. The minimum Gasteiger partial charge on any atom is -0.240 e. The quantitative estimate of drug-likeness (QED) is 0.717. The molecule has 2 nitrogen and oxygen atoms in total. The minimum absolute atomic E-state index is 0.140. The van der Waals surface area contributed by atoms with Gasteiger partial charge in [-0.05, 0) is 24.6 Å². The molecule has 0 aliphatic carbocycles. The lowest BCUT2D eigenvalue weighted by molar-refractivity contribution is 0.613. The lowest BCUT2D eigenvalue weighted by Crippen LogP contribution is -2.01. The molecule has 0 amide bonds. The van der Waals surface area contributed by atoms with Crippen molar-refractivity contribution in [2.75, 3.05) is 0 Å². The summed E-state index contributed by atoms with van der Waals surface area (Å²) in [7, 11) is 0. The van der Waals surface area contributed by atoms with E-state index in [4.69, 9.17) is 11.6 Å². The monoisotopic (exact) mass is 224 g/mol. The highest BCUT2D eigenvalue weighted by Gasteiger charge is 2.09. The molecule has 1 aromatic heterocycles. The van der Waals surface area contributed by atoms with Crippen molar-refractivity contribution in [3.63, 3.8) is 0 Å². The van der Waals surface area contributed by atoms with Crippen LogP contribution in [0.1, 0.15) is 11.1 Å². The molecule has 0 aliphatic heterocycles. The van der Waals surface area contributed by atoms with E-state index in [0.29, 0.717) is 11.3 Å². The zero-order valence-electron chi connectivity index (χ0n) is 8.24. The Kier molecular flexibility index (Phi) is 2.73. The molecule has 0 spiro atoms. The van der Waals surface area contributed by atoms with Crippen molar-refractivity contribution < 1.29 is 4.39 Å². The third-order valence-corrected chi connectivity index (χ3v) is 2.45. The van der Waals surface area contributed by atoms with Crippen molar-refractivity contribution in [2.24, 2.45) is 0 Å². The van der Waals surface area contributed by atoms with Crippen LogP contribution in [0.5, 0.6) is 0 Å². The van der Waals surface area contributed by atoms with E-state index in [1.54, 1.807) is 23.0 Å². The van der Waals surface area contributed by atoms with Gasteiger partial charge in [-0.15, -0.1) is 11.6 Å². The van der Waals surface area contributed by atoms with Gasteiger partial charge >= 0.3 is 0 Å². The summed E-state index contributed by atoms with van der Waals surface area (Å²) in [4.78, 5) is 0. The Morgan fingerprint density at radius 3 is 2.87 bits per heavy atom. The number of alkyl halides is 1. The Morgan fingerprint density at radius 1 is 1.47 bits per heavy atom. The van der Waals surface area contributed by atoms with Crippen molar-refractivity contribution in [3.8, 4) is 5.69 Å². The lowest BCUT2D eigenvalue weighted by atomic mass is 10.2. The number of halogens is 2. The number of aromatic nitrogens is 2. The van der Waals surface area contributed by atoms with Crippen LogP contribution >= 0.6 is 11.6 Å². The third-order valence-electron chi connectivity index (χ3n) is 2.19. The summed E-state index contributed by atoms with van der Waals surface area (Å²) in [6.45, 7) is 1.93. The lowest BCUT2D eigenvalue weighted by Gasteiger charge is -2.07. The molecule has 78 valence electrons. The third kappa shape index (κ3) is 1.88. The maximum absolute atomic E-state index is 13.4. The van der Waals surface area contributed by atoms with Crippen LogP contribution < -0.4 is 0 Å². The van der Waals surface area contributed by atoms with Gasteiger partial charge in [0.2, 0.25) is 0 Å². The van der Waals surface area contributed by atoms with E-state index in [1.807, 2.05) is 13.1 Å². The van der Waals surface area contributed by atoms with Crippen LogP contribution in [0.15, 0.2) is 30.6 Å². The summed E-state index contributed by atoms with van der Waals surface area (Å²) in [5, 5.41) is 4.13. The largest absolute Gasteiger partial charge is 0.240 e. The van der Waals surface area contributed by atoms with E-state index >= 15 is 0 Å². The van der Waals surface area contributed by atoms with Gasteiger partial charge in [0.15, 0.2) is 0 Å². The van der Waals surface area contributed by atoms with E-state index in [9.17, 15) is 4.39 Å². The van der Waals surface area contributed by atoms with Crippen LogP contribution in [0.4, 0.5) is 4.39 Å². The van der Waals surface area contributed by atoms with Gasteiger partial charge < -0.3 is 0 Å². The highest BCUT2D eigenvalue weighted by molar-refractivity contribution is 6.17. The normalized spacial score (nSPS) is 10.6. The molecule has 0 unspecified atom stereocenters. The first-order valence-electron chi connectivity index (χ1n) is 4.57. The summed E-state index contributed by atoms with van der Waals surface area (Å²) < 4.78 is 15.1. The molecule has 0 N–H and O–H groups in total. The fourth-order valence-electron chi connectivity index (χ4n) is 1.44. The number of hydrogen-bond acceptors (Lipinski definition) is 1. The summed E-state index contributed by atoms with van der Waals surface area (Å²) in [6, 6.07) is 4.85. The van der Waals surface area contributed by atoms with Gasteiger partial charge in [0.25, 0.3) is 0 Å². The molecule has 2 aromatic rings. The van der Waals surface area contributed by atoms with Gasteiger partial charge in [0.05, 0.1) is 17.8 Å². The topological polar surface area (TPSA) is 17.8 Å². The second-order valence-electron chi connectivity index (χ2n) is 3.33. The van der Waals surface area contributed by atoms with Crippen LogP contribution in [-0.2, 0) is 5.88 Å². The highest BCUT2D eigenvalue weighted by atomic mass is 35.5. The molecular formula is C11H10ClFN2. The standard InChI is InChI=1S/C11H10ClFN2/c1-8-6-14-15(7-8)11-4-2-3-10(13)9(11)5-12/h2-4,6-7H,5H2,1H3. The Labute approximate surface area is 92.3 Å². The first-order chi connectivity index (χ1) is 7.22. The second-order valence-corrected chi connectivity index (χ2v) is 3.60. The van der Waals surface area contributed by atoms with Gasteiger partial charge in [-0.3, -0.25) is 0 Å². The van der Waals surface area contributed by atoms with Gasteiger partial charge in [-0.1, -0.05) is 6.07 Å². The van der Waals surface area contributed by atoms with Gasteiger partial charge in [0.1, 0.15) is 5.82 Å². The zero-order chi connectivity index (χ0) is 10.8. The van der Waals surface area contributed by atoms with Crippen molar-refractivity contribution in [1.29, 1.82) is 0 Å². The van der Waals surface area contributed by atoms with Crippen LogP contribution in [0.2, 0.25) is 0 Å². The molecular weight excluding hydrogens is 215 g/mol. The number of benzene rings is 1. The number of hydrogen-bond donors (Lipinski definition) is 0.